The Balaban J connectivity index is 3.09. The third-order valence-corrected chi connectivity index (χ3v) is 5.34. The van der Waals surface area contributed by atoms with E-state index < -0.39 is 10.0 Å². The van der Waals surface area contributed by atoms with Gasteiger partial charge in [-0.2, -0.15) is 4.31 Å². The Bertz CT molecular complexity index is 544. The summed E-state index contributed by atoms with van der Waals surface area (Å²) in [6.45, 7) is 6.02. The van der Waals surface area contributed by atoms with Gasteiger partial charge in [-0.25, -0.2) is 8.42 Å². The van der Waals surface area contributed by atoms with Crippen LogP contribution in [0.15, 0.2) is 23.1 Å². The minimum Gasteiger partial charge on any atom is -0.398 e. The van der Waals surface area contributed by atoms with Gasteiger partial charge in [0.25, 0.3) is 0 Å². The summed E-state index contributed by atoms with van der Waals surface area (Å²) in [6.07, 6.45) is 0.795. The van der Waals surface area contributed by atoms with Gasteiger partial charge in [0.15, 0.2) is 0 Å². The lowest BCUT2D eigenvalue weighted by molar-refractivity contribution is 0.338. The van der Waals surface area contributed by atoms with Crippen molar-refractivity contribution in [2.45, 2.75) is 38.1 Å². The number of rotatable bonds is 5. The van der Waals surface area contributed by atoms with Crippen LogP contribution in [0.2, 0.25) is 5.02 Å². The monoisotopic (exact) mass is 304 g/mol. The molecule has 4 nitrogen and oxygen atoms in total. The molecule has 0 aliphatic rings. The van der Waals surface area contributed by atoms with Crippen molar-refractivity contribution >= 4 is 27.3 Å². The maximum Gasteiger partial charge on any atom is 0.245 e. The molecule has 0 bridgehead atoms. The van der Waals surface area contributed by atoms with E-state index in [2.05, 4.69) is 13.8 Å². The molecule has 1 aromatic carbocycles. The second kappa shape index (κ2) is 6.11. The summed E-state index contributed by atoms with van der Waals surface area (Å²) in [5.41, 5.74) is 5.93. The second-order valence-electron chi connectivity index (χ2n) is 5.18. The summed E-state index contributed by atoms with van der Waals surface area (Å²) >= 11 is 5.79. The number of benzene rings is 1. The number of hydrogen-bond donors (Lipinski definition) is 1. The van der Waals surface area contributed by atoms with Crippen LogP contribution in [0.4, 0.5) is 5.69 Å². The Morgan fingerprint density at radius 3 is 2.37 bits per heavy atom. The highest BCUT2D eigenvalue weighted by molar-refractivity contribution is 7.89. The largest absolute Gasteiger partial charge is 0.398 e. The zero-order valence-electron chi connectivity index (χ0n) is 11.7. The highest BCUT2D eigenvalue weighted by Crippen LogP contribution is 2.26. The highest BCUT2D eigenvalue weighted by Gasteiger charge is 2.27. The Morgan fingerprint density at radius 2 is 1.89 bits per heavy atom. The van der Waals surface area contributed by atoms with E-state index in [4.69, 9.17) is 17.3 Å². The zero-order valence-corrected chi connectivity index (χ0v) is 13.3. The molecule has 108 valence electrons. The summed E-state index contributed by atoms with van der Waals surface area (Å²) in [7, 11) is -2.00. The van der Waals surface area contributed by atoms with Crippen molar-refractivity contribution in [1.82, 2.24) is 4.31 Å². The lowest BCUT2D eigenvalue weighted by Gasteiger charge is -2.26. The van der Waals surface area contributed by atoms with Gasteiger partial charge < -0.3 is 5.73 Å². The molecule has 0 saturated heterocycles. The predicted octanol–water partition coefficient (Wildman–Crippen LogP) is 2.98. The average Bonchev–Trinajstić information content (AvgIpc) is 2.26. The van der Waals surface area contributed by atoms with Crippen LogP contribution in [0.3, 0.4) is 0 Å². The molecule has 0 aromatic heterocycles. The molecule has 0 spiro atoms. The van der Waals surface area contributed by atoms with Gasteiger partial charge >= 0.3 is 0 Å². The van der Waals surface area contributed by atoms with Crippen molar-refractivity contribution in [3.8, 4) is 0 Å². The van der Waals surface area contributed by atoms with Crippen molar-refractivity contribution in [3.63, 3.8) is 0 Å². The molecule has 0 aliphatic carbocycles. The Morgan fingerprint density at radius 1 is 1.32 bits per heavy atom. The van der Waals surface area contributed by atoms with Crippen LogP contribution in [0.25, 0.3) is 0 Å². The van der Waals surface area contributed by atoms with Gasteiger partial charge in [0, 0.05) is 18.1 Å². The maximum absolute atomic E-state index is 12.5. The van der Waals surface area contributed by atoms with Crippen LogP contribution < -0.4 is 5.73 Å². The summed E-state index contributed by atoms with van der Waals surface area (Å²) in [4.78, 5) is 0.106. The number of nitrogens with two attached hydrogens (primary N) is 1. The molecular formula is C13H21ClN2O2S. The van der Waals surface area contributed by atoms with Crippen molar-refractivity contribution in [3.05, 3.63) is 23.2 Å². The van der Waals surface area contributed by atoms with Gasteiger partial charge in [-0.15, -0.1) is 0 Å². The fraction of sp³-hybridized carbons (Fsp3) is 0.538. The molecule has 0 heterocycles. The molecule has 0 radical (unpaired) electrons. The lowest BCUT2D eigenvalue weighted by atomic mass is 10.1. The van der Waals surface area contributed by atoms with E-state index in [0.29, 0.717) is 10.9 Å². The summed E-state index contributed by atoms with van der Waals surface area (Å²) in [5.74, 6) is 0.426. The van der Waals surface area contributed by atoms with Gasteiger partial charge in [0.1, 0.15) is 4.90 Å². The Hall–Kier alpha value is -0.780. The van der Waals surface area contributed by atoms with Crippen molar-refractivity contribution in [2.24, 2.45) is 5.92 Å². The van der Waals surface area contributed by atoms with Crippen LogP contribution in [0.5, 0.6) is 0 Å². The van der Waals surface area contributed by atoms with Crippen LogP contribution in [-0.4, -0.2) is 25.8 Å². The number of sulfonamides is 1. The van der Waals surface area contributed by atoms with Crippen LogP contribution >= 0.6 is 11.6 Å². The topological polar surface area (TPSA) is 63.4 Å². The maximum atomic E-state index is 12.5. The zero-order chi connectivity index (χ0) is 14.8. The Kier molecular flexibility index (Phi) is 5.24. The molecule has 0 saturated carbocycles. The highest BCUT2D eigenvalue weighted by atomic mass is 35.5. The summed E-state index contributed by atoms with van der Waals surface area (Å²) in [6, 6.07) is 4.35. The number of halogens is 1. The first-order valence-electron chi connectivity index (χ1n) is 6.19. The number of hydrogen-bond acceptors (Lipinski definition) is 3. The molecule has 19 heavy (non-hydrogen) atoms. The van der Waals surface area contributed by atoms with Gasteiger partial charge in [-0.1, -0.05) is 25.4 Å². The summed E-state index contributed by atoms with van der Waals surface area (Å²) in [5, 5.41) is 0.425. The molecule has 1 atom stereocenters. The number of nitrogens with zero attached hydrogens (tertiary/aromatic N) is 1. The fourth-order valence-corrected chi connectivity index (χ4v) is 3.62. The van der Waals surface area contributed by atoms with E-state index in [1.54, 1.807) is 7.05 Å². The third-order valence-electron chi connectivity index (χ3n) is 3.06. The van der Waals surface area contributed by atoms with Gasteiger partial charge in [0.05, 0.1) is 5.69 Å². The molecular weight excluding hydrogens is 284 g/mol. The van der Waals surface area contributed by atoms with E-state index in [0.717, 1.165) is 6.42 Å². The van der Waals surface area contributed by atoms with Gasteiger partial charge in [-0.3, -0.25) is 0 Å². The second-order valence-corrected chi connectivity index (χ2v) is 7.58. The van der Waals surface area contributed by atoms with Crippen molar-refractivity contribution < 1.29 is 8.42 Å². The third kappa shape index (κ3) is 3.84. The molecule has 1 aromatic rings. The van der Waals surface area contributed by atoms with Crippen molar-refractivity contribution in [2.75, 3.05) is 12.8 Å². The van der Waals surface area contributed by atoms with Gasteiger partial charge in [0.2, 0.25) is 10.0 Å². The van der Waals surface area contributed by atoms with E-state index in [1.165, 1.54) is 22.5 Å². The van der Waals surface area contributed by atoms with E-state index >= 15 is 0 Å². The fourth-order valence-electron chi connectivity index (χ4n) is 1.98. The predicted molar refractivity (Wildman–Crippen MR) is 79.7 cm³/mol. The Labute approximate surface area is 120 Å². The SMILES string of the molecule is CC(C)CC(C)N(C)S(=O)(=O)c1ccc(Cl)cc1N. The van der Waals surface area contributed by atoms with Crippen LogP contribution in [0, 0.1) is 5.92 Å². The van der Waals surface area contributed by atoms with E-state index in [9.17, 15) is 8.42 Å². The smallest absolute Gasteiger partial charge is 0.245 e. The molecule has 2 N–H and O–H groups in total. The normalized spacial score (nSPS) is 14.1. The summed E-state index contributed by atoms with van der Waals surface area (Å²) < 4.78 is 26.3. The number of nitrogen functional groups attached to an aromatic ring is 1. The van der Waals surface area contributed by atoms with Crippen LogP contribution in [-0.2, 0) is 10.0 Å². The minimum absolute atomic E-state index is 0.0833. The molecule has 6 heteroatoms. The van der Waals surface area contributed by atoms with E-state index in [1.807, 2.05) is 6.92 Å². The molecule has 1 unspecified atom stereocenters. The first-order chi connectivity index (χ1) is 8.66. The molecule has 1 rings (SSSR count). The quantitative estimate of drug-likeness (QED) is 0.851. The minimum atomic E-state index is -3.58. The first kappa shape index (κ1) is 16.3. The molecule has 0 aliphatic heterocycles. The molecule has 0 fully saturated rings. The van der Waals surface area contributed by atoms with Crippen LogP contribution in [0.1, 0.15) is 27.2 Å². The first-order valence-corrected chi connectivity index (χ1v) is 8.01. The van der Waals surface area contributed by atoms with E-state index in [-0.39, 0.29) is 16.6 Å². The average molecular weight is 305 g/mol. The van der Waals surface area contributed by atoms with Crippen molar-refractivity contribution in [1.29, 1.82) is 0 Å². The molecule has 0 amide bonds. The van der Waals surface area contributed by atoms with Gasteiger partial charge in [-0.05, 0) is 37.5 Å². The number of anilines is 1. The lowest BCUT2D eigenvalue weighted by Crippen LogP contribution is -2.36. The standard InChI is InChI=1S/C13H21ClN2O2S/c1-9(2)7-10(3)16(4)19(17,18)13-6-5-11(14)8-12(13)15/h5-6,8-10H,7,15H2,1-4H3.